The van der Waals surface area contributed by atoms with Crippen LogP contribution in [0.3, 0.4) is 0 Å². The van der Waals surface area contributed by atoms with Gasteiger partial charge in [-0.2, -0.15) is 0 Å². The maximum absolute atomic E-state index is 9.86. The molecule has 0 bridgehead atoms. The van der Waals surface area contributed by atoms with Gasteiger partial charge in [0.1, 0.15) is 12.4 Å². The van der Waals surface area contributed by atoms with Crippen LogP contribution in [-0.4, -0.2) is 23.7 Å². The van der Waals surface area contributed by atoms with Gasteiger partial charge in [-0.1, -0.05) is 25.4 Å². The lowest BCUT2D eigenvalue weighted by Crippen LogP contribution is -2.35. The number of aliphatic hydroxyl groups is 1. The van der Waals surface area contributed by atoms with Gasteiger partial charge in [0, 0.05) is 16.3 Å². The van der Waals surface area contributed by atoms with Gasteiger partial charge in [-0.15, -0.1) is 11.6 Å². The first-order valence-electron chi connectivity index (χ1n) is 5.08. The standard InChI is InChI=1S/C12H16Cl2O2/c1-12(2,8-13)11(15)7-16-10-5-3-9(14)4-6-10/h3-6,11,15H,7-8H2,1-2H3. The first-order chi connectivity index (χ1) is 7.45. The van der Waals surface area contributed by atoms with Crippen LogP contribution in [0, 0.1) is 5.41 Å². The summed E-state index contributed by atoms with van der Waals surface area (Å²) >= 11 is 11.5. The fourth-order valence-electron chi connectivity index (χ4n) is 1.02. The zero-order chi connectivity index (χ0) is 12.2. The summed E-state index contributed by atoms with van der Waals surface area (Å²) in [6.07, 6.45) is -0.597. The van der Waals surface area contributed by atoms with Gasteiger partial charge < -0.3 is 9.84 Å². The summed E-state index contributed by atoms with van der Waals surface area (Å²) in [7, 11) is 0. The van der Waals surface area contributed by atoms with Crippen molar-refractivity contribution in [1.82, 2.24) is 0 Å². The van der Waals surface area contributed by atoms with E-state index in [1.165, 1.54) is 0 Å². The summed E-state index contributed by atoms with van der Waals surface area (Å²) in [5.74, 6) is 1.08. The van der Waals surface area contributed by atoms with E-state index < -0.39 is 6.10 Å². The van der Waals surface area contributed by atoms with Gasteiger partial charge in [0.05, 0.1) is 6.10 Å². The predicted octanol–water partition coefficient (Wildman–Crippen LogP) is 3.34. The van der Waals surface area contributed by atoms with Gasteiger partial charge in [-0.05, 0) is 24.3 Å². The van der Waals surface area contributed by atoms with Crippen molar-refractivity contribution in [3.63, 3.8) is 0 Å². The normalized spacial score (nSPS) is 13.6. The predicted molar refractivity (Wildman–Crippen MR) is 67.5 cm³/mol. The highest BCUT2D eigenvalue weighted by Crippen LogP contribution is 2.23. The molecular formula is C12H16Cl2O2. The molecule has 0 fully saturated rings. The fourth-order valence-corrected chi connectivity index (χ4v) is 1.32. The van der Waals surface area contributed by atoms with Gasteiger partial charge in [-0.25, -0.2) is 0 Å². The highest BCUT2D eigenvalue weighted by Gasteiger charge is 2.27. The quantitative estimate of drug-likeness (QED) is 0.825. The molecule has 0 saturated carbocycles. The molecule has 0 spiro atoms. The van der Waals surface area contributed by atoms with Crippen molar-refractivity contribution in [1.29, 1.82) is 0 Å². The molecule has 0 aliphatic carbocycles. The Bertz CT molecular complexity index is 322. The molecule has 1 atom stereocenters. The molecule has 1 rings (SSSR count). The molecule has 0 aliphatic rings. The monoisotopic (exact) mass is 262 g/mol. The van der Waals surface area contributed by atoms with Crippen LogP contribution in [-0.2, 0) is 0 Å². The minimum Gasteiger partial charge on any atom is -0.491 e. The number of halogens is 2. The van der Waals surface area contributed by atoms with Crippen LogP contribution in [0.2, 0.25) is 5.02 Å². The molecule has 0 aromatic heterocycles. The molecule has 90 valence electrons. The molecule has 4 heteroatoms. The third-order valence-corrected chi connectivity index (χ3v) is 3.41. The minimum atomic E-state index is -0.597. The Morgan fingerprint density at radius 3 is 2.38 bits per heavy atom. The number of rotatable bonds is 5. The number of alkyl halides is 1. The van der Waals surface area contributed by atoms with Crippen LogP contribution in [0.4, 0.5) is 0 Å². The third-order valence-electron chi connectivity index (χ3n) is 2.47. The minimum absolute atomic E-state index is 0.224. The van der Waals surface area contributed by atoms with Crippen LogP contribution in [0.25, 0.3) is 0 Å². The van der Waals surface area contributed by atoms with Gasteiger partial charge >= 0.3 is 0 Å². The molecule has 0 aliphatic heterocycles. The van der Waals surface area contributed by atoms with E-state index in [9.17, 15) is 5.11 Å². The number of ether oxygens (including phenoxy) is 1. The molecular weight excluding hydrogens is 247 g/mol. The average Bonchev–Trinajstić information content (AvgIpc) is 2.28. The molecule has 1 aromatic carbocycles. The van der Waals surface area contributed by atoms with Gasteiger partial charge in [-0.3, -0.25) is 0 Å². The van der Waals surface area contributed by atoms with Crippen LogP contribution >= 0.6 is 23.2 Å². The van der Waals surface area contributed by atoms with E-state index >= 15 is 0 Å². The summed E-state index contributed by atoms with van der Waals surface area (Å²) in [6.45, 7) is 4.02. The lowest BCUT2D eigenvalue weighted by Gasteiger charge is -2.27. The van der Waals surface area contributed by atoms with Crippen molar-refractivity contribution in [2.75, 3.05) is 12.5 Å². The summed E-state index contributed by atoms with van der Waals surface area (Å²) in [6, 6.07) is 7.03. The topological polar surface area (TPSA) is 29.5 Å². The number of hydrogen-bond donors (Lipinski definition) is 1. The van der Waals surface area contributed by atoms with E-state index in [4.69, 9.17) is 27.9 Å². The summed E-state index contributed by atoms with van der Waals surface area (Å²) in [5, 5.41) is 10.5. The first kappa shape index (κ1) is 13.6. The van der Waals surface area contributed by atoms with Crippen LogP contribution in [0.5, 0.6) is 5.75 Å². The number of hydrogen-bond acceptors (Lipinski definition) is 2. The zero-order valence-electron chi connectivity index (χ0n) is 9.41. The van der Waals surface area contributed by atoms with E-state index in [1.54, 1.807) is 24.3 Å². The van der Waals surface area contributed by atoms with E-state index in [0.29, 0.717) is 16.7 Å². The SMILES string of the molecule is CC(C)(CCl)C(O)COc1ccc(Cl)cc1. The second kappa shape index (κ2) is 5.76. The molecule has 1 aromatic rings. The van der Waals surface area contributed by atoms with Crippen LogP contribution < -0.4 is 4.74 Å². The Morgan fingerprint density at radius 2 is 1.88 bits per heavy atom. The average molecular weight is 263 g/mol. The maximum atomic E-state index is 9.86. The van der Waals surface area contributed by atoms with E-state index in [0.717, 1.165) is 0 Å². The van der Waals surface area contributed by atoms with Crippen molar-refractivity contribution in [3.05, 3.63) is 29.3 Å². The van der Waals surface area contributed by atoms with E-state index in [2.05, 4.69) is 0 Å². The molecule has 0 saturated heterocycles. The number of aliphatic hydroxyl groups excluding tert-OH is 1. The summed E-state index contributed by atoms with van der Waals surface area (Å²) in [4.78, 5) is 0. The first-order valence-corrected chi connectivity index (χ1v) is 5.99. The Balaban J connectivity index is 2.49. The van der Waals surface area contributed by atoms with Gasteiger partial charge in [0.2, 0.25) is 0 Å². The van der Waals surface area contributed by atoms with Crippen molar-refractivity contribution in [3.8, 4) is 5.75 Å². The van der Waals surface area contributed by atoms with Crippen molar-refractivity contribution in [2.24, 2.45) is 5.41 Å². The lowest BCUT2D eigenvalue weighted by atomic mass is 9.89. The highest BCUT2D eigenvalue weighted by atomic mass is 35.5. The van der Waals surface area contributed by atoms with E-state index in [1.807, 2.05) is 13.8 Å². The van der Waals surface area contributed by atoms with Gasteiger partial charge in [0.15, 0.2) is 0 Å². The van der Waals surface area contributed by atoms with Crippen LogP contribution in [0.1, 0.15) is 13.8 Å². The molecule has 0 radical (unpaired) electrons. The Hall–Kier alpha value is -0.440. The molecule has 0 amide bonds. The van der Waals surface area contributed by atoms with E-state index in [-0.39, 0.29) is 12.0 Å². The summed E-state index contributed by atoms with van der Waals surface area (Å²) < 4.78 is 5.44. The molecule has 0 heterocycles. The number of benzene rings is 1. The zero-order valence-corrected chi connectivity index (χ0v) is 10.9. The largest absolute Gasteiger partial charge is 0.491 e. The molecule has 1 N–H and O–H groups in total. The van der Waals surface area contributed by atoms with Gasteiger partial charge in [0.25, 0.3) is 0 Å². The molecule has 2 nitrogen and oxygen atoms in total. The van der Waals surface area contributed by atoms with Crippen molar-refractivity contribution in [2.45, 2.75) is 20.0 Å². The molecule has 1 unspecified atom stereocenters. The Labute approximate surface area is 106 Å². The second-order valence-corrected chi connectivity index (χ2v) is 5.11. The Kier molecular flexibility index (Phi) is 4.90. The maximum Gasteiger partial charge on any atom is 0.119 e. The third kappa shape index (κ3) is 3.85. The second-order valence-electron chi connectivity index (χ2n) is 4.40. The fraction of sp³-hybridized carbons (Fsp3) is 0.500. The Morgan fingerprint density at radius 1 is 1.31 bits per heavy atom. The smallest absolute Gasteiger partial charge is 0.119 e. The lowest BCUT2D eigenvalue weighted by molar-refractivity contribution is 0.0237. The van der Waals surface area contributed by atoms with Crippen molar-refractivity contribution >= 4 is 23.2 Å². The molecule has 16 heavy (non-hydrogen) atoms. The van der Waals surface area contributed by atoms with Crippen molar-refractivity contribution < 1.29 is 9.84 Å². The van der Waals surface area contributed by atoms with Crippen LogP contribution in [0.15, 0.2) is 24.3 Å². The highest BCUT2D eigenvalue weighted by molar-refractivity contribution is 6.30. The summed E-state index contributed by atoms with van der Waals surface area (Å²) in [5.41, 5.74) is -0.353.